The summed E-state index contributed by atoms with van der Waals surface area (Å²) in [6, 6.07) is -1.12. The molecular weight excluding hydrogens is 503 g/mol. The van der Waals surface area contributed by atoms with Crippen molar-refractivity contribution >= 4 is 41.5 Å². The third-order valence-corrected chi connectivity index (χ3v) is 8.78. The maximum Gasteiger partial charge on any atom is 1.00 e. The maximum atomic E-state index is 12.6. The van der Waals surface area contributed by atoms with E-state index in [1.807, 2.05) is 6.92 Å². The number of likely N-dealkylation sites (N-methyl/N-ethyl adjacent to an activating group) is 1. The number of aliphatic carboxylic acids is 1. The van der Waals surface area contributed by atoms with E-state index in [9.17, 15) is 34.2 Å². The number of rotatable bonds is 7. The third kappa shape index (κ3) is 4.93. The van der Waals surface area contributed by atoms with Crippen molar-refractivity contribution in [3.8, 4) is 0 Å². The largest absolute Gasteiger partial charge is 1.00 e. The van der Waals surface area contributed by atoms with Gasteiger partial charge in [0.15, 0.2) is 0 Å². The van der Waals surface area contributed by atoms with Crippen LogP contribution in [0.15, 0.2) is 10.6 Å². The normalized spacial score (nSPS) is 30.7. The summed E-state index contributed by atoms with van der Waals surface area (Å²) < 4.78 is 5.76. The molecule has 0 bridgehead atoms. The Hall–Kier alpha value is -1.64. The number of aliphatic hydroxyl groups excluding tert-OH is 1. The van der Waals surface area contributed by atoms with E-state index in [2.05, 4.69) is 5.32 Å². The first-order valence-corrected chi connectivity index (χ1v) is 12.6. The van der Waals surface area contributed by atoms with E-state index in [-0.39, 0.29) is 66.1 Å². The molecule has 36 heavy (non-hydrogen) atoms. The number of β-lactam (4-membered cyclic amide) rings is 1. The summed E-state index contributed by atoms with van der Waals surface area (Å²) in [6.07, 6.45) is -0.775. The number of hydrogen-bond acceptors (Lipinski definition) is 9. The monoisotopic (exact) mass is 532 g/mol. The van der Waals surface area contributed by atoms with E-state index in [0.717, 1.165) is 4.90 Å². The smallest absolute Gasteiger partial charge is 0.543 e. The van der Waals surface area contributed by atoms with Gasteiger partial charge >= 0.3 is 47.4 Å². The first-order chi connectivity index (χ1) is 16.6. The fraction of sp³-hybridized carbons (Fsp3) is 0.682. The zero-order chi connectivity index (χ0) is 25.6. The van der Waals surface area contributed by atoms with Gasteiger partial charge in [0.25, 0.3) is 0 Å². The van der Waals surface area contributed by atoms with Gasteiger partial charge in [0.1, 0.15) is 0 Å². The van der Waals surface area contributed by atoms with E-state index in [1.165, 1.54) is 28.5 Å². The molecule has 0 spiro atoms. The summed E-state index contributed by atoms with van der Waals surface area (Å²) in [7, 11) is 0. The minimum Gasteiger partial charge on any atom is -0.543 e. The van der Waals surface area contributed by atoms with Gasteiger partial charge in [-0.1, -0.05) is 6.92 Å². The Morgan fingerprint density at radius 1 is 1.25 bits per heavy atom. The van der Waals surface area contributed by atoms with Gasteiger partial charge in [-0.05, 0) is 20.3 Å². The summed E-state index contributed by atoms with van der Waals surface area (Å²) in [5.74, 6) is -4.44. The number of fused-ring (bicyclic) bond motifs is 1. The molecule has 3 saturated heterocycles. The number of urea groups is 1. The molecule has 0 aromatic rings. The number of carbonyl (C=O) groups excluding carboxylic acids is 5. The molecule has 6 atom stereocenters. The van der Waals surface area contributed by atoms with Crippen molar-refractivity contribution in [1.29, 1.82) is 0 Å². The SMILES string of the molecule is CCN1CCN(C(=O)NC[C@H]2OCC[C@H]2SC2=C(C(=O)[O-])N3C(=O)[C@H]([C@@H](C)O)[C@H]3[C@H]2C)C(=O)C1=O.[Na+]. The number of carboxylic acids is 1. The molecule has 2 N–H and O–H groups in total. The van der Waals surface area contributed by atoms with Gasteiger partial charge < -0.3 is 34.9 Å². The van der Waals surface area contributed by atoms with Gasteiger partial charge in [0.2, 0.25) is 5.91 Å². The van der Waals surface area contributed by atoms with Gasteiger partial charge in [0.05, 0.1) is 35.8 Å². The predicted octanol–water partition coefficient (Wildman–Crippen LogP) is -4.90. The van der Waals surface area contributed by atoms with Crippen molar-refractivity contribution in [2.45, 2.75) is 50.7 Å². The van der Waals surface area contributed by atoms with E-state index >= 15 is 0 Å². The van der Waals surface area contributed by atoms with Gasteiger partial charge in [0, 0.05) is 48.9 Å². The first kappa shape index (κ1) is 28.9. The van der Waals surface area contributed by atoms with E-state index in [4.69, 9.17) is 4.74 Å². The van der Waals surface area contributed by atoms with Crippen LogP contribution in [0.4, 0.5) is 4.79 Å². The topological polar surface area (TPSA) is 160 Å². The Bertz CT molecular complexity index is 991. The minimum atomic E-state index is -1.45. The number of nitrogens with one attached hydrogen (secondary N) is 1. The Morgan fingerprint density at radius 2 is 1.94 bits per heavy atom. The van der Waals surface area contributed by atoms with E-state index in [0.29, 0.717) is 24.5 Å². The number of amides is 5. The summed E-state index contributed by atoms with van der Waals surface area (Å²) in [6.45, 7) is 6.32. The number of nitrogens with zero attached hydrogens (tertiary/aromatic N) is 3. The summed E-state index contributed by atoms with van der Waals surface area (Å²) in [5, 5.41) is 24.4. The Kier molecular flexibility index (Phi) is 9.16. The number of aliphatic hydroxyl groups is 1. The van der Waals surface area contributed by atoms with Crippen molar-refractivity contribution in [2.75, 3.05) is 32.8 Å². The second-order valence-corrected chi connectivity index (χ2v) is 10.4. The average molecular weight is 533 g/mol. The number of piperazine rings is 1. The number of imide groups is 1. The van der Waals surface area contributed by atoms with Crippen LogP contribution in [-0.2, 0) is 23.9 Å². The molecule has 0 unspecified atom stereocenters. The Balaban J connectivity index is 0.00000361. The van der Waals surface area contributed by atoms with Crippen LogP contribution in [0, 0.1) is 11.8 Å². The minimum absolute atomic E-state index is 0. The van der Waals surface area contributed by atoms with Crippen molar-refractivity contribution in [2.24, 2.45) is 11.8 Å². The molecule has 4 aliphatic heterocycles. The van der Waals surface area contributed by atoms with Crippen molar-refractivity contribution in [3.05, 3.63) is 10.6 Å². The predicted molar refractivity (Wildman–Crippen MR) is 120 cm³/mol. The van der Waals surface area contributed by atoms with Crippen LogP contribution in [0.5, 0.6) is 0 Å². The molecule has 0 aromatic carbocycles. The fourth-order valence-corrected chi connectivity index (χ4v) is 6.75. The summed E-state index contributed by atoms with van der Waals surface area (Å²) >= 11 is 1.29. The molecule has 0 aromatic heterocycles. The van der Waals surface area contributed by atoms with Gasteiger partial charge in [-0.15, -0.1) is 11.8 Å². The van der Waals surface area contributed by atoms with E-state index < -0.39 is 53.9 Å². The van der Waals surface area contributed by atoms with Crippen LogP contribution in [0.2, 0.25) is 0 Å². The molecule has 14 heteroatoms. The van der Waals surface area contributed by atoms with Crippen LogP contribution in [-0.4, -0.2) is 106 Å². The summed E-state index contributed by atoms with van der Waals surface area (Å²) in [4.78, 5) is 65.3. The number of carboxylic acid groups (broad SMARTS) is 1. The molecule has 3 fully saturated rings. The van der Waals surface area contributed by atoms with Crippen LogP contribution < -0.4 is 40.0 Å². The zero-order valence-corrected chi connectivity index (χ0v) is 23.6. The van der Waals surface area contributed by atoms with Crippen molar-refractivity contribution < 1.29 is 68.5 Å². The van der Waals surface area contributed by atoms with E-state index in [1.54, 1.807) is 6.92 Å². The second kappa shape index (κ2) is 11.4. The average Bonchev–Trinajstić information content (AvgIpc) is 3.34. The summed E-state index contributed by atoms with van der Waals surface area (Å²) in [5.41, 5.74) is -0.165. The van der Waals surface area contributed by atoms with Crippen LogP contribution in [0.1, 0.15) is 27.2 Å². The molecular formula is C22H29N4NaO8S. The first-order valence-electron chi connectivity index (χ1n) is 11.7. The van der Waals surface area contributed by atoms with Crippen molar-refractivity contribution in [1.82, 2.24) is 20.0 Å². The van der Waals surface area contributed by atoms with Crippen LogP contribution in [0.3, 0.4) is 0 Å². The molecule has 5 amide bonds. The molecule has 12 nitrogen and oxygen atoms in total. The Labute approximate surface area is 235 Å². The maximum absolute atomic E-state index is 12.6. The van der Waals surface area contributed by atoms with Gasteiger partial charge in [-0.3, -0.25) is 19.3 Å². The van der Waals surface area contributed by atoms with Crippen LogP contribution in [0.25, 0.3) is 0 Å². The molecule has 192 valence electrons. The third-order valence-electron chi connectivity index (χ3n) is 7.12. The van der Waals surface area contributed by atoms with Gasteiger partial charge in [-0.2, -0.15) is 0 Å². The van der Waals surface area contributed by atoms with Crippen LogP contribution >= 0.6 is 11.8 Å². The molecule has 0 radical (unpaired) electrons. The molecule has 0 saturated carbocycles. The number of thioether (sulfide) groups is 1. The number of hydrogen-bond donors (Lipinski definition) is 2. The molecule has 4 rings (SSSR count). The molecule has 4 aliphatic rings. The number of carbonyl (C=O) groups is 5. The quantitative estimate of drug-likeness (QED) is 0.186. The molecule has 4 heterocycles. The van der Waals surface area contributed by atoms with Crippen molar-refractivity contribution in [3.63, 3.8) is 0 Å². The zero-order valence-electron chi connectivity index (χ0n) is 20.8. The standard InChI is InChI=1S/C22H30N4O8S.Na/c1-4-24-6-7-25(20(30)19(24)29)22(33)23-9-12-13(5-8-34-12)35-17-10(2)15-14(11(3)27)18(28)26(15)16(17)21(31)32;/h10-15,27H,4-9H2,1-3H3,(H,23,33)(H,31,32);/q;+1/p-1/t10-,11-,12-,13-,14-,15-;/m1./s1. The fourth-order valence-electron chi connectivity index (χ4n) is 5.24. The number of ether oxygens (including phenoxy) is 1. The Morgan fingerprint density at radius 3 is 2.56 bits per heavy atom. The van der Waals surface area contributed by atoms with Gasteiger partial charge in [-0.25, -0.2) is 4.79 Å². The molecule has 0 aliphatic carbocycles. The second-order valence-electron chi connectivity index (χ2n) is 9.14.